The summed E-state index contributed by atoms with van der Waals surface area (Å²) < 4.78 is 5.89. The molecule has 1 atom stereocenters. The third kappa shape index (κ3) is 7.78. The van der Waals surface area contributed by atoms with Crippen LogP contribution in [0, 0.1) is 5.41 Å². The van der Waals surface area contributed by atoms with E-state index in [-0.39, 0.29) is 18.1 Å². The molecule has 0 fully saturated rings. The van der Waals surface area contributed by atoms with E-state index in [9.17, 15) is 5.11 Å². The van der Waals surface area contributed by atoms with Gasteiger partial charge >= 0.3 is 0 Å². The second-order valence-corrected chi connectivity index (χ2v) is 6.50. The van der Waals surface area contributed by atoms with Crippen LogP contribution < -0.4 is 15.4 Å². The smallest absolute Gasteiger partial charge is 0.191 e. The molecule has 1 unspecified atom stereocenters. The number of aliphatic imine (C=N–C) groups is 1. The number of nitrogens with one attached hydrogen (secondary N) is 2. The molecule has 0 aliphatic rings. The summed E-state index contributed by atoms with van der Waals surface area (Å²) in [5, 5.41) is 16.0. The van der Waals surface area contributed by atoms with Crippen LogP contribution in [0.5, 0.6) is 5.75 Å². The van der Waals surface area contributed by atoms with Crippen molar-refractivity contribution in [1.29, 1.82) is 0 Å². The standard InChI is InChI=1S/C20H35N3O2/c1-5-20(6-2,13-14-24)16-23-19(21-7-3)22-15-17(4)25-18-11-9-8-10-12-18/h8-12,17,24H,5-7,13-16H2,1-4H3,(H2,21,22,23). The summed E-state index contributed by atoms with van der Waals surface area (Å²) in [5.74, 6) is 1.67. The highest BCUT2D eigenvalue weighted by molar-refractivity contribution is 5.79. The fourth-order valence-electron chi connectivity index (χ4n) is 2.75. The van der Waals surface area contributed by atoms with Crippen molar-refractivity contribution in [3.63, 3.8) is 0 Å². The minimum absolute atomic E-state index is 0.0332. The van der Waals surface area contributed by atoms with Crippen LogP contribution in [-0.4, -0.2) is 43.4 Å². The third-order valence-electron chi connectivity index (χ3n) is 4.70. The van der Waals surface area contributed by atoms with Crippen molar-refractivity contribution in [3.05, 3.63) is 30.3 Å². The molecule has 0 heterocycles. The van der Waals surface area contributed by atoms with Gasteiger partial charge in [0.05, 0.1) is 6.54 Å². The summed E-state index contributed by atoms with van der Waals surface area (Å²) in [6.45, 7) is 10.8. The lowest BCUT2D eigenvalue weighted by molar-refractivity contribution is 0.175. The van der Waals surface area contributed by atoms with Crippen LogP contribution in [0.3, 0.4) is 0 Å². The van der Waals surface area contributed by atoms with Crippen molar-refractivity contribution in [2.75, 3.05) is 26.2 Å². The highest BCUT2D eigenvalue weighted by Gasteiger charge is 2.25. The zero-order valence-electron chi connectivity index (χ0n) is 16.2. The minimum atomic E-state index is 0.0332. The quantitative estimate of drug-likeness (QED) is 0.424. The Morgan fingerprint density at radius 1 is 1.16 bits per heavy atom. The van der Waals surface area contributed by atoms with Crippen LogP contribution in [0.2, 0.25) is 0 Å². The average molecular weight is 350 g/mol. The first-order valence-electron chi connectivity index (χ1n) is 9.43. The number of ether oxygens (including phenoxy) is 1. The number of aliphatic hydroxyl groups excluding tert-OH is 1. The molecular weight excluding hydrogens is 314 g/mol. The molecule has 0 radical (unpaired) electrons. The zero-order valence-corrected chi connectivity index (χ0v) is 16.2. The highest BCUT2D eigenvalue weighted by Crippen LogP contribution is 2.30. The van der Waals surface area contributed by atoms with E-state index in [1.807, 2.05) is 37.3 Å². The van der Waals surface area contributed by atoms with Gasteiger partial charge in [-0.3, -0.25) is 4.99 Å². The van der Waals surface area contributed by atoms with Gasteiger partial charge in [-0.2, -0.15) is 0 Å². The molecule has 0 saturated heterocycles. The number of hydrogen-bond acceptors (Lipinski definition) is 3. The maximum Gasteiger partial charge on any atom is 0.191 e. The van der Waals surface area contributed by atoms with Gasteiger partial charge in [0.15, 0.2) is 5.96 Å². The SMILES string of the molecule is CCNC(=NCC(CC)(CC)CCO)NCC(C)Oc1ccccc1. The molecule has 3 N–H and O–H groups in total. The van der Waals surface area contributed by atoms with Crippen LogP contribution in [-0.2, 0) is 0 Å². The molecular formula is C20H35N3O2. The van der Waals surface area contributed by atoms with Gasteiger partial charge in [0.2, 0.25) is 0 Å². The van der Waals surface area contributed by atoms with Crippen molar-refractivity contribution >= 4 is 5.96 Å². The Kier molecular flexibility index (Phi) is 10.0. The number of aliphatic hydroxyl groups is 1. The van der Waals surface area contributed by atoms with Crippen molar-refractivity contribution in [2.24, 2.45) is 10.4 Å². The molecule has 5 heteroatoms. The number of guanidine groups is 1. The molecule has 25 heavy (non-hydrogen) atoms. The molecule has 1 rings (SSSR count). The molecule has 1 aromatic carbocycles. The summed E-state index contributed by atoms with van der Waals surface area (Å²) in [6, 6.07) is 9.84. The van der Waals surface area contributed by atoms with Crippen molar-refractivity contribution in [3.8, 4) is 5.75 Å². The Bertz CT molecular complexity index is 487. The Morgan fingerprint density at radius 2 is 1.84 bits per heavy atom. The van der Waals surface area contributed by atoms with Gasteiger partial charge in [0, 0.05) is 19.7 Å². The van der Waals surface area contributed by atoms with E-state index < -0.39 is 0 Å². The highest BCUT2D eigenvalue weighted by atomic mass is 16.5. The lowest BCUT2D eigenvalue weighted by atomic mass is 9.79. The first-order valence-corrected chi connectivity index (χ1v) is 9.43. The minimum Gasteiger partial charge on any atom is -0.489 e. The molecule has 0 amide bonds. The van der Waals surface area contributed by atoms with Crippen molar-refractivity contribution < 1.29 is 9.84 Å². The normalized spacial score (nSPS) is 13.4. The van der Waals surface area contributed by atoms with Crippen molar-refractivity contribution in [2.45, 2.75) is 53.1 Å². The predicted molar refractivity (Wildman–Crippen MR) is 105 cm³/mol. The molecule has 0 spiro atoms. The topological polar surface area (TPSA) is 65.9 Å². The second kappa shape index (κ2) is 11.7. The van der Waals surface area contributed by atoms with Crippen LogP contribution >= 0.6 is 0 Å². The number of benzene rings is 1. The fraction of sp³-hybridized carbons (Fsp3) is 0.650. The summed E-state index contributed by atoms with van der Waals surface area (Å²) in [6.07, 6.45) is 2.85. The van der Waals surface area contributed by atoms with E-state index in [4.69, 9.17) is 9.73 Å². The van der Waals surface area contributed by atoms with E-state index in [0.717, 1.165) is 37.5 Å². The first-order chi connectivity index (χ1) is 12.1. The summed E-state index contributed by atoms with van der Waals surface area (Å²) in [7, 11) is 0. The van der Waals surface area contributed by atoms with E-state index in [2.05, 4.69) is 31.4 Å². The predicted octanol–water partition coefficient (Wildman–Crippen LogP) is 3.20. The van der Waals surface area contributed by atoms with Gasteiger partial charge in [0.25, 0.3) is 0 Å². The molecule has 0 bridgehead atoms. The number of nitrogens with zero attached hydrogens (tertiary/aromatic N) is 1. The Morgan fingerprint density at radius 3 is 2.40 bits per heavy atom. The van der Waals surface area contributed by atoms with Gasteiger partial charge in [-0.25, -0.2) is 0 Å². The Hall–Kier alpha value is -1.75. The third-order valence-corrected chi connectivity index (χ3v) is 4.70. The lowest BCUT2D eigenvalue weighted by Gasteiger charge is -2.29. The van der Waals surface area contributed by atoms with Gasteiger partial charge in [-0.15, -0.1) is 0 Å². The molecule has 0 aliphatic carbocycles. The van der Waals surface area contributed by atoms with E-state index in [0.29, 0.717) is 13.1 Å². The average Bonchev–Trinajstić information content (AvgIpc) is 2.64. The second-order valence-electron chi connectivity index (χ2n) is 6.50. The Balaban J connectivity index is 2.60. The van der Waals surface area contributed by atoms with Gasteiger partial charge in [-0.05, 0) is 50.7 Å². The van der Waals surface area contributed by atoms with Gasteiger partial charge in [-0.1, -0.05) is 32.0 Å². The van der Waals surface area contributed by atoms with Crippen LogP contribution in [0.15, 0.2) is 35.3 Å². The molecule has 0 aromatic heterocycles. The maximum absolute atomic E-state index is 9.35. The first kappa shape index (κ1) is 21.3. The summed E-state index contributed by atoms with van der Waals surface area (Å²) in [5.41, 5.74) is 0.0727. The number of para-hydroxylation sites is 1. The summed E-state index contributed by atoms with van der Waals surface area (Å²) in [4.78, 5) is 4.75. The number of rotatable bonds is 11. The molecule has 0 saturated carbocycles. The lowest BCUT2D eigenvalue weighted by Crippen LogP contribution is -2.42. The van der Waals surface area contributed by atoms with E-state index in [1.165, 1.54) is 0 Å². The molecule has 0 aliphatic heterocycles. The largest absolute Gasteiger partial charge is 0.489 e. The molecule has 142 valence electrons. The fourth-order valence-corrected chi connectivity index (χ4v) is 2.75. The Labute approximate surface area is 152 Å². The maximum atomic E-state index is 9.35. The van der Waals surface area contributed by atoms with Gasteiger partial charge < -0.3 is 20.5 Å². The van der Waals surface area contributed by atoms with Crippen LogP contribution in [0.1, 0.15) is 47.0 Å². The van der Waals surface area contributed by atoms with Crippen molar-refractivity contribution in [1.82, 2.24) is 10.6 Å². The molecule has 5 nitrogen and oxygen atoms in total. The van der Waals surface area contributed by atoms with Gasteiger partial charge in [0.1, 0.15) is 11.9 Å². The summed E-state index contributed by atoms with van der Waals surface area (Å²) >= 11 is 0. The van der Waals surface area contributed by atoms with E-state index >= 15 is 0 Å². The van der Waals surface area contributed by atoms with E-state index in [1.54, 1.807) is 0 Å². The van der Waals surface area contributed by atoms with Crippen LogP contribution in [0.25, 0.3) is 0 Å². The molecule has 1 aromatic rings. The van der Waals surface area contributed by atoms with Crippen LogP contribution in [0.4, 0.5) is 0 Å². The number of hydrogen-bond donors (Lipinski definition) is 3. The monoisotopic (exact) mass is 349 g/mol. The zero-order chi connectivity index (χ0) is 18.5.